The van der Waals surface area contributed by atoms with Crippen LogP contribution in [0.15, 0.2) is 37.1 Å². The lowest BCUT2D eigenvalue weighted by Crippen LogP contribution is -2.26. The number of carbonyl (C=O) groups excluding carboxylic acids is 3. The van der Waals surface area contributed by atoms with E-state index in [-0.39, 0.29) is 42.5 Å². The SMILES string of the molecule is CCOP(=O)(COc1cc2c(cc1NC(=O)c1cncnc1)c(C(C)=O)cn2CC(=O)OC(C)(C)C)OCC. The summed E-state index contributed by atoms with van der Waals surface area (Å²) in [5.74, 6) is -1.17. The van der Waals surface area contributed by atoms with E-state index in [1.165, 1.54) is 25.6 Å². The molecule has 0 bridgehead atoms. The smallest absolute Gasteiger partial charge is 0.367 e. The molecule has 3 rings (SSSR count). The van der Waals surface area contributed by atoms with Gasteiger partial charge in [0.15, 0.2) is 12.1 Å². The van der Waals surface area contributed by atoms with Gasteiger partial charge >= 0.3 is 13.6 Å². The summed E-state index contributed by atoms with van der Waals surface area (Å²) in [6.45, 7) is 10.1. The molecule has 0 spiro atoms. The number of hydrogen-bond donors (Lipinski definition) is 1. The summed E-state index contributed by atoms with van der Waals surface area (Å²) in [6.07, 6.45) is 5.09. The highest BCUT2D eigenvalue weighted by Crippen LogP contribution is 2.48. The largest absolute Gasteiger partial charge is 0.479 e. The number of aromatic nitrogens is 3. The van der Waals surface area contributed by atoms with Gasteiger partial charge < -0.3 is 28.4 Å². The predicted octanol–water partition coefficient (Wildman–Crippen LogP) is 4.83. The lowest BCUT2D eigenvalue weighted by atomic mass is 10.1. The Morgan fingerprint density at radius 1 is 1.05 bits per heavy atom. The van der Waals surface area contributed by atoms with Crippen molar-refractivity contribution in [3.05, 3.63) is 48.2 Å². The van der Waals surface area contributed by atoms with E-state index >= 15 is 0 Å². The van der Waals surface area contributed by atoms with Crippen molar-refractivity contribution >= 4 is 41.8 Å². The van der Waals surface area contributed by atoms with Crippen molar-refractivity contribution in [3.63, 3.8) is 0 Å². The van der Waals surface area contributed by atoms with Crippen LogP contribution in [0, 0.1) is 0 Å². The minimum Gasteiger partial charge on any atom is -0.479 e. The summed E-state index contributed by atoms with van der Waals surface area (Å²) in [5.41, 5.74) is 0.467. The minimum absolute atomic E-state index is 0.117. The molecule has 0 aliphatic rings. The van der Waals surface area contributed by atoms with Gasteiger partial charge in [0.2, 0.25) is 0 Å². The summed E-state index contributed by atoms with van der Waals surface area (Å²) in [4.78, 5) is 45.7. The molecule has 13 heteroatoms. The van der Waals surface area contributed by atoms with Gasteiger partial charge in [-0.25, -0.2) is 9.97 Å². The second kappa shape index (κ2) is 12.5. The molecule has 0 saturated carbocycles. The lowest BCUT2D eigenvalue weighted by molar-refractivity contribution is -0.155. The molecular weight excluding hydrogens is 527 g/mol. The fraction of sp³-hybridized carbons (Fsp3) is 0.423. The number of esters is 1. The first-order valence-corrected chi connectivity index (χ1v) is 14.1. The molecule has 0 saturated heterocycles. The van der Waals surface area contributed by atoms with Crippen molar-refractivity contribution in [1.29, 1.82) is 0 Å². The summed E-state index contributed by atoms with van der Waals surface area (Å²) in [5, 5.41) is 3.21. The summed E-state index contributed by atoms with van der Waals surface area (Å²) >= 11 is 0. The molecule has 210 valence electrons. The van der Waals surface area contributed by atoms with E-state index < -0.39 is 31.4 Å². The third kappa shape index (κ3) is 7.95. The third-order valence-electron chi connectivity index (χ3n) is 5.18. The van der Waals surface area contributed by atoms with Crippen molar-refractivity contribution in [2.24, 2.45) is 0 Å². The molecular formula is C26H33N4O8P. The van der Waals surface area contributed by atoms with Crippen LogP contribution in [0.1, 0.15) is 62.3 Å². The van der Waals surface area contributed by atoms with Crippen molar-refractivity contribution in [2.45, 2.75) is 53.7 Å². The first kappa shape index (κ1) is 29.9. The summed E-state index contributed by atoms with van der Waals surface area (Å²) in [7, 11) is -3.62. The number of rotatable bonds is 12. The Hall–Kier alpha value is -3.60. The van der Waals surface area contributed by atoms with Gasteiger partial charge in [-0.1, -0.05) is 0 Å². The third-order valence-corrected chi connectivity index (χ3v) is 6.93. The highest BCUT2D eigenvalue weighted by atomic mass is 31.2. The second-order valence-corrected chi connectivity index (χ2v) is 11.5. The van der Waals surface area contributed by atoms with Crippen LogP contribution in [-0.4, -0.2) is 57.4 Å². The van der Waals surface area contributed by atoms with Crippen LogP contribution >= 0.6 is 7.60 Å². The molecule has 3 aromatic rings. The Bertz CT molecular complexity index is 1390. The lowest BCUT2D eigenvalue weighted by Gasteiger charge is -2.20. The average Bonchev–Trinajstić information content (AvgIpc) is 3.19. The Morgan fingerprint density at radius 2 is 1.69 bits per heavy atom. The first-order valence-electron chi connectivity index (χ1n) is 12.3. The number of amides is 1. The van der Waals surface area contributed by atoms with Crippen LogP contribution < -0.4 is 10.1 Å². The van der Waals surface area contributed by atoms with Crippen molar-refractivity contribution < 1.29 is 37.5 Å². The summed E-state index contributed by atoms with van der Waals surface area (Å²) < 4.78 is 36.6. The average molecular weight is 561 g/mol. The van der Waals surface area contributed by atoms with Gasteiger partial charge in [-0.3, -0.25) is 18.9 Å². The zero-order valence-corrected chi connectivity index (χ0v) is 23.7. The van der Waals surface area contributed by atoms with Gasteiger partial charge in [0.05, 0.1) is 30.0 Å². The van der Waals surface area contributed by atoms with Crippen molar-refractivity contribution in [3.8, 4) is 5.75 Å². The molecule has 1 aromatic carbocycles. The van der Waals surface area contributed by atoms with Gasteiger partial charge in [0.1, 0.15) is 24.2 Å². The maximum absolute atomic E-state index is 13.1. The number of ketones is 1. The molecule has 39 heavy (non-hydrogen) atoms. The second-order valence-electron chi connectivity index (χ2n) is 9.48. The molecule has 0 aliphatic carbocycles. The van der Waals surface area contributed by atoms with Crippen LogP contribution in [0.2, 0.25) is 0 Å². The van der Waals surface area contributed by atoms with Crippen LogP contribution in [-0.2, 0) is 29.7 Å². The predicted molar refractivity (Wildman–Crippen MR) is 144 cm³/mol. The topological polar surface area (TPSA) is 148 Å². The van der Waals surface area contributed by atoms with Gasteiger partial charge in [0.25, 0.3) is 5.91 Å². The van der Waals surface area contributed by atoms with Crippen molar-refractivity contribution in [2.75, 3.05) is 24.9 Å². The monoisotopic (exact) mass is 560 g/mol. The Labute approximate surface area is 226 Å². The molecule has 1 amide bonds. The fourth-order valence-electron chi connectivity index (χ4n) is 3.72. The van der Waals surface area contributed by atoms with Gasteiger partial charge in [-0.2, -0.15) is 0 Å². The van der Waals surface area contributed by atoms with E-state index in [1.54, 1.807) is 57.5 Å². The van der Waals surface area contributed by atoms with E-state index in [9.17, 15) is 18.9 Å². The summed E-state index contributed by atoms with van der Waals surface area (Å²) in [6, 6.07) is 3.10. The van der Waals surface area contributed by atoms with E-state index in [0.29, 0.717) is 16.5 Å². The number of nitrogens with zero attached hydrogens (tertiary/aromatic N) is 3. The fourth-order valence-corrected chi connectivity index (χ4v) is 5.03. The quantitative estimate of drug-likeness (QED) is 0.185. The zero-order valence-electron chi connectivity index (χ0n) is 22.8. The molecule has 1 N–H and O–H groups in total. The number of hydrogen-bond acceptors (Lipinski definition) is 10. The van der Waals surface area contributed by atoms with Crippen LogP contribution in [0.3, 0.4) is 0 Å². The number of Topliss-reactive ketones (excluding diaryl/α,β-unsaturated/α-hetero) is 1. The van der Waals surface area contributed by atoms with E-state index in [0.717, 1.165) is 0 Å². The first-order chi connectivity index (χ1) is 18.4. The number of ether oxygens (including phenoxy) is 2. The Balaban J connectivity index is 2.10. The Kier molecular flexibility index (Phi) is 9.60. The van der Waals surface area contributed by atoms with Gasteiger partial charge in [-0.05, 0) is 47.6 Å². The number of anilines is 1. The van der Waals surface area contributed by atoms with E-state index in [1.807, 2.05) is 0 Å². The van der Waals surface area contributed by atoms with Crippen LogP contribution in [0.25, 0.3) is 10.9 Å². The number of benzene rings is 1. The maximum Gasteiger partial charge on any atom is 0.367 e. The molecule has 12 nitrogen and oxygen atoms in total. The zero-order chi connectivity index (χ0) is 28.8. The van der Waals surface area contributed by atoms with Crippen LogP contribution in [0.4, 0.5) is 5.69 Å². The number of fused-ring (bicyclic) bond motifs is 1. The number of carbonyl (C=O) groups is 3. The highest BCUT2D eigenvalue weighted by molar-refractivity contribution is 7.53. The normalized spacial score (nSPS) is 11.8. The maximum atomic E-state index is 13.1. The molecule has 2 aromatic heterocycles. The van der Waals surface area contributed by atoms with Crippen molar-refractivity contribution in [1.82, 2.24) is 14.5 Å². The molecule has 0 fully saturated rings. The van der Waals surface area contributed by atoms with Gasteiger partial charge in [0, 0.05) is 35.6 Å². The Morgan fingerprint density at radius 3 is 2.26 bits per heavy atom. The van der Waals surface area contributed by atoms with E-state index in [4.69, 9.17) is 18.5 Å². The molecule has 0 atom stereocenters. The van der Waals surface area contributed by atoms with E-state index in [2.05, 4.69) is 15.3 Å². The number of nitrogens with one attached hydrogen (secondary N) is 1. The van der Waals surface area contributed by atoms with Gasteiger partial charge in [-0.15, -0.1) is 0 Å². The standard InChI is InChI=1S/C26H33N4O8P/c1-7-36-39(34,37-8-2)16-35-23-10-22-19(9-21(23)29-25(33)18-11-27-15-28-12-18)20(17(3)31)13-30(22)14-24(32)38-26(4,5)6/h9-13,15H,7-8,14,16H2,1-6H3,(H,29,33). The molecule has 2 heterocycles. The minimum atomic E-state index is -3.62. The highest BCUT2D eigenvalue weighted by Gasteiger charge is 2.27. The molecule has 0 aliphatic heterocycles. The molecule has 0 radical (unpaired) electrons. The van der Waals surface area contributed by atoms with Crippen LogP contribution in [0.5, 0.6) is 5.75 Å². The molecule has 0 unspecified atom stereocenters.